The third kappa shape index (κ3) is 4.67. The van der Waals surface area contributed by atoms with E-state index in [0.717, 1.165) is 11.2 Å². The molecule has 0 aliphatic carbocycles. The second-order valence-corrected chi connectivity index (χ2v) is 6.74. The molecule has 1 aromatic rings. The summed E-state index contributed by atoms with van der Waals surface area (Å²) >= 11 is 5.35. The summed E-state index contributed by atoms with van der Waals surface area (Å²) in [5.74, 6) is -0.304. The van der Waals surface area contributed by atoms with Gasteiger partial charge in [-0.3, -0.25) is 4.79 Å². The maximum absolute atomic E-state index is 11.4. The number of carbonyl (C=O) groups excluding carboxylic acids is 1. The molecule has 0 bridgehead atoms. The van der Waals surface area contributed by atoms with Gasteiger partial charge in [-0.2, -0.15) is 0 Å². The van der Waals surface area contributed by atoms with Gasteiger partial charge >= 0.3 is 0 Å². The smallest absolute Gasteiger partial charge is 0.261 e. The zero-order valence-electron chi connectivity index (χ0n) is 8.06. The van der Waals surface area contributed by atoms with Gasteiger partial charge in [0, 0.05) is 23.1 Å². The van der Waals surface area contributed by atoms with Crippen LogP contribution in [0.1, 0.15) is 9.67 Å². The van der Waals surface area contributed by atoms with Gasteiger partial charge in [-0.15, -0.1) is 24.0 Å². The van der Waals surface area contributed by atoms with Crippen molar-refractivity contribution < 1.29 is 13.2 Å². The van der Waals surface area contributed by atoms with Crippen LogP contribution in [-0.4, -0.2) is 32.9 Å². The molecule has 0 radical (unpaired) electrons. The third-order valence-electron chi connectivity index (χ3n) is 1.57. The highest BCUT2D eigenvalue weighted by Crippen LogP contribution is 2.17. The lowest BCUT2D eigenvalue weighted by Crippen LogP contribution is -2.28. The van der Waals surface area contributed by atoms with E-state index in [1.807, 2.05) is 0 Å². The average molecular weight is 265 g/mol. The third-order valence-corrected chi connectivity index (χ3v) is 3.88. The summed E-state index contributed by atoms with van der Waals surface area (Å²) in [4.78, 5) is 12.7. The molecule has 4 nitrogen and oxygen atoms in total. The van der Waals surface area contributed by atoms with Gasteiger partial charge in [0.05, 0.1) is 10.6 Å². The van der Waals surface area contributed by atoms with Crippen molar-refractivity contribution >= 4 is 39.7 Å². The van der Waals surface area contributed by atoms with Crippen LogP contribution < -0.4 is 5.32 Å². The number of sulfone groups is 1. The summed E-state index contributed by atoms with van der Waals surface area (Å²) in [7, 11) is -3.02. The molecule has 7 heteroatoms. The maximum Gasteiger partial charge on any atom is 0.261 e. The van der Waals surface area contributed by atoms with Crippen LogP contribution in [0, 0.1) is 0 Å². The molecule has 1 heterocycles. The maximum atomic E-state index is 11.4. The van der Waals surface area contributed by atoms with Crippen LogP contribution in [0.3, 0.4) is 0 Å². The van der Waals surface area contributed by atoms with Gasteiger partial charge in [-0.25, -0.2) is 8.42 Å². The van der Waals surface area contributed by atoms with Gasteiger partial charge in [0.15, 0.2) is 0 Å². The van der Waals surface area contributed by atoms with Crippen LogP contribution in [-0.2, 0) is 9.84 Å². The quantitative estimate of drug-likeness (QED) is 0.792. The van der Waals surface area contributed by atoms with E-state index in [4.69, 9.17) is 0 Å². The fourth-order valence-electron chi connectivity index (χ4n) is 0.882. The average Bonchev–Trinajstić information content (AvgIpc) is 2.49. The fraction of sp³-hybridized carbons (Fsp3) is 0.375. The van der Waals surface area contributed by atoms with E-state index in [1.54, 1.807) is 11.4 Å². The Bertz CT molecular complexity index is 449. The summed E-state index contributed by atoms with van der Waals surface area (Å²) < 4.78 is 21.6. The minimum Gasteiger partial charge on any atom is -0.350 e. The number of hydrogen-bond acceptors (Lipinski definition) is 5. The molecule has 0 aliphatic heterocycles. The molecule has 0 atom stereocenters. The summed E-state index contributed by atoms with van der Waals surface area (Å²) in [5.41, 5.74) is 0. The molecule has 1 amide bonds. The molecule has 1 N–H and O–H groups in total. The van der Waals surface area contributed by atoms with E-state index in [1.165, 1.54) is 11.3 Å². The number of carbonyl (C=O) groups is 1. The number of nitrogens with one attached hydrogen (secondary N) is 1. The molecule has 1 rings (SSSR count). The Kier molecular flexibility index (Phi) is 4.18. The van der Waals surface area contributed by atoms with Crippen LogP contribution in [0.2, 0.25) is 0 Å². The zero-order valence-corrected chi connectivity index (χ0v) is 10.6. The van der Waals surface area contributed by atoms with Crippen molar-refractivity contribution in [1.82, 2.24) is 5.32 Å². The van der Waals surface area contributed by atoms with E-state index >= 15 is 0 Å². The van der Waals surface area contributed by atoms with Crippen LogP contribution in [0.25, 0.3) is 0 Å². The molecule has 84 valence electrons. The fourth-order valence-corrected chi connectivity index (χ4v) is 2.42. The lowest BCUT2D eigenvalue weighted by molar-refractivity contribution is 0.0960. The minimum absolute atomic E-state index is 0.0438. The van der Waals surface area contributed by atoms with E-state index in [0.29, 0.717) is 4.88 Å². The molecule has 0 saturated heterocycles. The Labute approximate surface area is 98.0 Å². The van der Waals surface area contributed by atoms with Crippen molar-refractivity contribution in [3.8, 4) is 0 Å². The molecule has 0 aromatic carbocycles. The standard InChI is InChI=1S/C8H11NO3S3/c1-15(11,12)3-2-9-8(10)7-4-6(13)5-14-7/h4-5,13H,2-3H2,1H3,(H,9,10). The molecule has 0 spiro atoms. The largest absolute Gasteiger partial charge is 0.350 e. The van der Waals surface area contributed by atoms with Crippen molar-refractivity contribution in [2.75, 3.05) is 18.6 Å². The Hall–Kier alpha value is -0.530. The first-order valence-corrected chi connectivity index (χ1v) is 7.50. The molecule has 1 aromatic heterocycles. The molecule has 0 fully saturated rings. The summed E-state index contributed by atoms with van der Waals surface area (Å²) in [5, 5.41) is 4.27. The molecule has 0 aliphatic rings. The first-order valence-electron chi connectivity index (χ1n) is 4.12. The number of rotatable bonds is 4. The SMILES string of the molecule is CS(=O)(=O)CCNC(=O)c1cc(S)cs1. The van der Waals surface area contributed by atoms with E-state index in [9.17, 15) is 13.2 Å². The summed E-state index contributed by atoms with van der Waals surface area (Å²) in [6, 6.07) is 1.64. The molecular weight excluding hydrogens is 254 g/mol. The van der Waals surface area contributed by atoms with Crippen LogP contribution in [0.15, 0.2) is 16.3 Å². The van der Waals surface area contributed by atoms with Gasteiger partial charge in [0.25, 0.3) is 5.91 Å². The number of amides is 1. The van der Waals surface area contributed by atoms with Crippen molar-refractivity contribution in [1.29, 1.82) is 0 Å². The highest BCUT2D eigenvalue weighted by Gasteiger charge is 2.08. The van der Waals surface area contributed by atoms with Crippen molar-refractivity contribution in [2.45, 2.75) is 4.90 Å². The predicted molar refractivity (Wildman–Crippen MR) is 63.6 cm³/mol. The summed E-state index contributed by atoms with van der Waals surface area (Å²) in [6.45, 7) is 0.136. The van der Waals surface area contributed by atoms with Gasteiger partial charge in [0.2, 0.25) is 0 Å². The number of thiophene rings is 1. The first kappa shape index (κ1) is 12.5. The zero-order chi connectivity index (χ0) is 11.5. The normalized spacial score (nSPS) is 11.3. The van der Waals surface area contributed by atoms with Gasteiger partial charge < -0.3 is 5.32 Å². The van der Waals surface area contributed by atoms with E-state index < -0.39 is 9.84 Å². The molecule has 0 saturated carbocycles. The number of hydrogen-bond donors (Lipinski definition) is 2. The van der Waals surface area contributed by atoms with Crippen molar-refractivity contribution in [2.24, 2.45) is 0 Å². The van der Waals surface area contributed by atoms with Gasteiger partial charge in [-0.1, -0.05) is 0 Å². The molecule has 15 heavy (non-hydrogen) atoms. The molecule has 0 unspecified atom stereocenters. The van der Waals surface area contributed by atoms with E-state index in [-0.39, 0.29) is 18.2 Å². The Morgan fingerprint density at radius 1 is 1.60 bits per heavy atom. The van der Waals surface area contributed by atoms with Crippen LogP contribution in [0.5, 0.6) is 0 Å². The Morgan fingerprint density at radius 3 is 2.73 bits per heavy atom. The number of thiol groups is 1. The second kappa shape index (κ2) is 5.00. The lowest BCUT2D eigenvalue weighted by atomic mass is 10.4. The lowest BCUT2D eigenvalue weighted by Gasteiger charge is -2.01. The van der Waals surface area contributed by atoms with Gasteiger partial charge in [0.1, 0.15) is 9.84 Å². The monoisotopic (exact) mass is 265 g/mol. The topological polar surface area (TPSA) is 63.2 Å². The van der Waals surface area contributed by atoms with E-state index in [2.05, 4.69) is 17.9 Å². The van der Waals surface area contributed by atoms with Crippen LogP contribution >= 0.6 is 24.0 Å². The van der Waals surface area contributed by atoms with Gasteiger partial charge in [-0.05, 0) is 6.07 Å². The van der Waals surface area contributed by atoms with Crippen molar-refractivity contribution in [3.05, 3.63) is 16.3 Å². The Morgan fingerprint density at radius 2 is 2.27 bits per heavy atom. The predicted octanol–water partition coefficient (Wildman–Crippen LogP) is 0.811. The second-order valence-electron chi connectivity index (χ2n) is 3.05. The first-order chi connectivity index (χ1) is 6.88. The molecular formula is C8H11NO3S3. The highest BCUT2D eigenvalue weighted by atomic mass is 32.2. The van der Waals surface area contributed by atoms with Crippen LogP contribution in [0.4, 0.5) is 0 Å². The minimum atomic E-state index is -3.02. The summed E-state index contributed by atoms with van der Waals surface area (Å²) in [6.07, 6.45) is 1.14. The highest BCUT2D eigenvalue weighted by molar-refractivity contribution is 7.90. The van der Waals surface area contributed by atoms with Crippen molar-refractivity contribution in [3.63, 3.8) is 0 Å². The Balaban J connectivity index is 2.44.